The summed E-state index contributed by atoms with van der Waals surface area (Å²) in [7, 11) is 0. The van der Waals surface area contributed by atoms with Crippen molar-refractivity contribution < 1.29 is 4.79 Å². The molecule has 1 aliphatic carbocycles. The first-order valence-corrected chi connectivity index (χ1v) is 6.05. The highest BCUT2D eigenvalue weighted by atomic mass is 16.2. The van der Waals surface area contributed by atoms with Gasteiger partial charge in [-0.15, -0.1) is 0 Å². The summed E-state index contributed by atoms with van der Waals surface area (Å²) < 4.78 is 0. The van der Waals surface area contributed by atoms with Gasteiger partial charge < -0.3 is 10.6 Å². The predicted octanol–water partition coefficient (Wildman–Crippen LogP) is 2.17. The number of hydrogen-bond donors (Lipinski definition) is 2. The molecule has 0 saturated heterocycles. The van der Waals surface area contributed by atoms with Crippen LogP contribution in [-0.2, 0) is 0 Å². The van der Waals surface area contributed by atoms with Crippen LogP contribution in [0.1, 0.15) is 46.0 Å². The molecule has 4 heteroatoms. The van der Waals surface area contributed by atoms with Crippen molar-refractivity contribution in [2.24, 2.45) is 5.92 Å². The van der Waals surface area contributed by atoms with Gasteiger partial charge in [0.2, 0.25) is 0 Å². The molecular weight excluding hydrogens is 202 g/mol. The van der Waals surface area contributed by atoms with Crippen molar-refractivity contribution in [2.75, 3.05) is 0 Å². The molecule has 0 radical (unpaired) electrons. The summed E-state index contributed by atoms with van der Waals surface area (Å²) in [5, 5.41) is 14.4. The van der Waals surface area contributed by atoms with E-state index in [2.05, 4.69) is 16.7 Å². The van der Waals surface area contributed by atoms with Gasteiger partial charge in [-0.05, 0) is 45.4 Å². The quantitative estimate of drug-likeness (QED) is 0.770. The Hall–Kier alpha value is -1.24. The maximum Gasteiger partial charge on any atom is 0.315 e. The van der Waals surface area contributed by atoms with Gasteiger partial charge >= 0.3 is 6.03 Å². The van der Waals surface area contributed by atoms with Crippen molar-refractivity contribution in [2.45, 2.75) is 58.0 Å². The molecule has 0 heterocycles. The van der Waals surface area contributed by atoms with Crippen LogP contribution in [0.2, 0.25) is 0 Å². The standard InChI is InChI=1S/C12H21N3O/c1-9(2)14-12(16)15-11-5-3-10(4-6-11)7-8-13/h9-11H,3-7H2,1-2H3,(H2,14,15,16). The summed E-state index contributed by atoms with van der Waals surface area (Å²) in [5.74, 6) is 0.538. The summed E-state index contributed by atoms with van der Waals surface area (Å²) in [6.45, 7) is 3.90. The lowest BCUT2D eigenvalue weighted by Gasteiger charge is -2.28. The lowest BCUT2D eigenvalue weighted by Crippen LogP contribution is -2.45. The Morgan fingerprint density at radius 3 is 2.50 bits per heavy atom. The first-order valence-electron chi connectivity index (χ1n) is 6.05. The monoisotopic (exact) mass is 223 g/mol. The molecule has 2 N–H and O–H groups in total. The van der Waals surface area contributed by atoms with Crippen LogP contribution in [0.3, 0.4) is 0 Å². The predicted molar refractivity (Wildman–Crippen MR) is 62.8 cm³/mol. The van der Waals surface area contributed by atoms with E-state index in [0.717, 1.165) is 25.7 Å². The summed E-state index contributed by atoms with van der Waals surface area (Å²) in [5.41, 5.74) is 0. The van der Waals surface area contributed by atoms with Gasteiger partial charge in [-0.3, -0.25) is 0 Å². The molecule has 4 nitrogen and oxygen atoms in total. The molecule has 0 aromatic rings. The van der Waals surface area contributed by atoms with Crippen molar-refractivity contribution >= 4 is 6.03 Å². The third kappa shape index (κ3) is 4.52. The Morgan fingerprint density at radius 1 is 1.38 bits per heavy atom. The average Bonchev–Trinajstić information content (AvgIpc) is 2.20. The van der Waals surface area contributed by atoms with Gasteiger partial charge in [-0.2, -0.15) is 5.26 Å². The largest absolute Gasteiger partial charge is 0.336 e. The Kier molecular flexibility index (Phi) is 5.10. The molecule has 0 aromatic carbocycles. The van der Waals surface area contributed by atoms with Crippen LogP contribution in [0.15, 0.2) is 0 Å². The van der Waals surface area contributed by atoms with Crippen molar-refractivity contribution in [3.05, 3.63) is 0 Å². The number of urea groups is 1. The maximum absolute atomic E-state index is 11.5. The minimum atomic E-state index is -0.0706. The molecule has 0 spiro atoms. The lowest BCUT2D eigenvalue weighted by atomic mass is 9.84. The van der Waals surface area contributed by atoms with Crippen LogP contribution in [0.25, 0.3) is 0 Å². The number of hydrogen-bond acceptors (Lipinski definition) is 2. The second kappa shape index (κ2) is 6.37. The molecule has 0 bridgehead atoms. The zero-order valence-corrected chi connectivity index (χ0v) is 10.1. The van der Waals surface area contributed by atoms with E-state index in [1.54, 1.807) is 0 Å². The highest BCUT2D eigenvalue weighted by Crippen LogP contribution is 2.26. The average molecular weight is 223 g/mol. The van der Waals surface area contributed by atoms with E-state index in [0.29, 0.717) is 12.3 Å². The molecule has 16 heavy (non-hydrogen) atoms. The van der Waals surface area contributed by atoms with E-state index in [1.165, 1.54) is 0 Å². The third-order valence-electron chi connectivity index (χ3n) is 2.98. The number of rotatable bonds is 3. The fourth-order valence-corrected chi connectivity index (χ4v) is 2.13. The normalized spacial score (nSPS) is 24.9. The van der Waals surface area contributed by atoms with E-state index < -0.39 is 0 Å². The van der Waals surface area contributed by atoms with E-state index in [4.69, 9.17) is 5.26 Å². The van der Waals surface area contributed by atoms with Gasteiger partial charge in [-0.1, -0.05) is 0 Å². The van der Waals surface area contributed by atoms with Gasteiger partial charge in [0.05, 0.1) is 6.07 Å². The Morgan fingerprint density at radius 2 is 2.00 bits per heavy atom. The topological polar surface area (TPSA) is 64.9 Å². The van der Waals surface area contributed by atoms with Crippen LogP contribution in [-0.4, -0.2) is 18.1 Å². The smallest absolute Gasteiger partial charge is 0.315 e. The molecule has 1 rings (SSSR count). The Balaban J connectivity index is 2.22. The minimum Gasteiger partial charge on any atom is -0.336 e. The van der Waals surface area contributed by atoms with Crippen LogP contribution < -0.4 is 10.6 Å². The zero-order valence-electron chi connectivity index (χ0n) is 10.1. The molecule has 0 aliphatic heterocycles. The molecule has 0 unspecified atom stereocenters. The second-order valence-corrected chi connectivity index (χ2v) is 4.85. The minimum absolute atomic E-state index is 0.0706. The van der Waals surface area contributed by atoms with E-state index in [9.17, 15) is 4.79 Å². The van der Waals surface area contributed by atoms with Crippen LogP contribution in [0.5, 0.6) is 0 Å². The van der Waals surface area contributed by atoms with Gasteiger partial charge in [-0.25, -0.2) is 4.79 Å². The van der Waals surface area contributed by atoms with E-state index in [1.807, 2.05) is 13.8 Å². The van der Waals surface area contributed by atoms with Crippen LogP contribution in [0.4, 0.5) is 4.79 Å². The number of nitrogens with one attached hydrogen (secondary N) is 2. The molecule has 90 valence electrons. The van der Waals surface area contributed by atoms with Gasteiger partial charge in [0.1, 0.15) is 0 Å². The first kappa shape index (κ1) is 12.8. The second-order valence-electron chi connectivity index (χ2n) is 4.85. The summed E-state index contributed by atoms with van der Waals surface area (Å²) in [4.78, 5) is 11.5. The van der Waals surface area contributed by atoms with Crippen LogP contribution >= 0.6 is 0 Å². The summed E-state index contributed by atoms with van der Waals surface area (Å²) >= 11 is 0. The van der Waals surface area contributed by atoms with Crippen molar-refractivity contribution in [1.82, 2.24) is 10.6 Å². The SMILES string of the molecule is CC(C)NC(=O)NC1CCC(CC#N)CC1. The fraction of sp³-hybridized carbons (Fsp3) is 0.833. The number of amides is 2. The molecule has 0 aromatic heterocycles. The molecule has 0 atom stereocenters. The van der Waals surface area contributed by atoms with E-state index in [-0.39, 0.29) is 18.1 Å². The third-order valence-corrected chi connectivity index (χ3v) is 2.98. The molecular formula is C12H21N3O. The number of carbonyl (C=O) groups excluding carboxylic acids is 1. The van der Waals surface area contributed by atoms with Gasteiger partial charge in [0.15, 0.2) is 0 Å². The van der Waals surface area contributed by atoms with Crippen molar-refractivity contribution in [3.63, 3.8) is 0 Å². The van der Waals surface area contributed by atoms with Crippen LogP contribution in [0, 0.1) is 17.2 Å². The maximum atomic E-state index is 11.5. The summed E-state index contributed by atoms with van der Waals surface area (Å²) in [6, 6.07) is 2.61. The number of carbonyl (C=O) groups is 1. The highest BCUT2D eigenvalue weighted by Gasteiger charge is 2.22. The van der Waals surface area contributed by atoms with E-state index >= 15 is 0 Å². The lowest BCUT2D eigenvalue weighted by molar-refractivity contribution is 0.225. The molecule has 1 fully saturated rings. The fourth-order valence-electron chi connectivity index (χ4n) is 2.13. The van der Waals surface area contributed by atoms with Gasteiger partial charge in [0.25, 0.3) is 0 Å². The zero-order chi connectivity index (χ0) is 12.0. The highest BCUT2D eigenvalue weighted by molar-refractivity contribution is 5.74. The summed E-state index contributed by atoms with van der Waals surface area (Å²) in [6.07, 6.45) is 4.76. The Labute approximate surface area is 97.4 Å². The Bertz CT molecular complexity index is 262. The van der Waals surface area contributed by atoms with Gasteiger partial charge in [0, 0.05) is 18.5 Å². The molecule has 1 aliphatic rings. The molecule has 2 amide bonds. The van der Waals surface area contributed by atoms with Crippen molar-refractivity contribution in [3.8, 4) is 6.07 Å². The number of nitriles is 1. The van der Waals surface area contributed by atoms with Crippen molar-refractivity contribution in [1.29, 1.82) is 5.26 Å². The first-order chi connectivity index (χ1) is 7.61. The molecule has 1 saturated carbocycles. The number of nitrogens with zero attached hydrogens (tertiary/aromatic N) is 1.